The summed E-state index contributed by atoms with van der Waals surface area (Å²) >= 11 is 0. The first-order chi connectivity index (χ1) is 12.1. The average molecular weight is 337 g/mol. The molecule has 2 aromatic carbocycles. The largest absolute Gasteiger partial charge is 0.340 e. The van der Waals surface area contributed by atoms with E-state index in [1.807, 2.05) is 12.1 Å². The first-order valence-corrected chi connectivity index (χ1v) is 7.58. The van der Waals surface area contributed by atoms with Crippen LogP contribution >= 0.6 is 0 Å². The van der Waals surface area contributed by atoms with Gasteiger partial charge in [0.15, 0.2) is 0 Å². The third-order valence-electron chi connectivity index (χ3n) is 3.24. The van der Waals surface area contributed by atoms with E-state index in [4.69, 9.17) is 0 Å². The lowest BCUT2D eigenvalue weighted by Crippen LogP contribution is -2.06. The molecule has 3 aromatic rings. The molecule has 0 fully saturated rings. The molecule has 3 rings (SSSR count). The van der Waals surface area contributed by atoms with Gasteiger partial charge in [-0.1, -0.05) is 6.07 Å². The molecule has 0 aliphatic rings. The van der Waals surface area contributed by atoms with Gasteiger partial charge < -0.3 is 16.0 Å². The summed E-state index contributed by atoms with van der Waals surface area (Å²) in [5, 5.41) is 8.96. The van der Waals surface area contributed by atoms with E-state index < -0.39 is 0 Å². The Hall–Kier alpha value is -3.48. The monoisotopic (exact) mass is 337 g/mol. The topological polar surface area (TPSA) is 78.9 Å². The summed E-state index contributed by atoms with van der Waals surface area (Å²) in [7, 11) is 0. The zero-order valence-corrected chi connectivity index (χ0v) is 13.5. The Kier molecular flexibility index (Phi) is 4.84. The summed E-state index contributed by atoms with van der Waals surface area (Å²) < 4.78 is 13.0. The summed E-state index contributed by atoms with van der Waals surface area (Å²) in [5.74, 6) is 0.723. The number of rotatable bonds is 5. The standard InChI is InChI=1S/C18H16FN5O/c1-12(25)22-15-3-2-4-16(9-15)24-18-10-17(20-11-21-18)23-14-7-5-13(19)6-8-14/h2-11H,1H3,(H,22,25)(H2,20,21,23,24). The fourth-order valence-corrected chi connectivity index (χ4v) is 2.20. The minimum Gasteiger partial charge on any atom is -0.340 e. The molecule has 0 unspecified atom stereocenters. The number of halogens is 1. The van der Waals surface area contributed by atoms with Gasteiger partial charge in [0.1, 0.15) is 23.8 Å². The van der Waals surface area contributed by atoms with Gasteiger partial charge in [-0.05, 0) is 42.5 Å². The molecule has 0 spiro atoms. The van der Waals surface area contributed by atoms with Crippen molar-refractivity contribution in [2.24, 2.45) is 0 Å². The van der Waals surface area contributed by atoms with Crippen LogP contribution in [0.4, 0.5) is 33.1 Å². The second-order valence-corrected chi connectivity index (χ2v) is 5.31. The highest BCUT2D eigenvalue weighted by Gasteiger charge is 2.02. The van der Waals surface area contributed by atoms with Crippen molar-refractivity contribution in [3.8, 4) is 0 Å². The van der Waals surface area contributed by atoms with E-state index in [0.717, 1.165) is 11.4 Å². The van der Waals surface area contributed by atoms with E-state index in [9.17, 15) is 9.18 Å². The van der Waals surface area contributed by atoms with Crippen molar-refractivity contribution in [3.63, 3.8) is 0 Å². The van der Waals surface area contributed by atoms with Crippen molar-refractivity contribution in [2.45, 2.75) is 6.92 Å². The normalized spacial score (nSPS) is 10.2. The van der Waals surface area contributed by atoms with Crippen LogP contribution in [0.5, 0.6) is 0 Å². The Morgan fingerprint density at radius 3 is 2.20 bits per heavy atom. The van der Waals surface area contributed by atoms with Gasteiger partial charge in [-0.3, -0.25) is 4.79 Å². The van der Waals surface area contributed by atoms with Crippen molar-refractivity contribution in [1.82, 2.24) is 9.97 Å². The van der Waals surface area contributed by atoms with E-state index in [1.165, 1.54) is 25.4 Å². The van der Waals surface area contributed by atoms with E-state index >= 15 is 0 Å². The molecule has 6 nitrogen and oxygen atoms in total. The predicted molar refractivity (Wildman–Crippen MR) is 95.7 cm³/mol. The second kappa shape index (κ2) is 7.39. The number of carbonyl (C=O) groups excluding carboxylic acids is 1. The van der Waals surface area contributed by atoms with Crippen molar-refractivity contribution in [2.75, 3.05) is 16.0 Å². The predicted octanol–water partition coefficient (Wildman–Crippen LogP) is 4.06. The first kappa shape index (κ1) is 16.4. The first-order valence-electron chi connectivity index (χ1n) is 7.58. The molecule has 0 bridgehead atoms. The Morgan fingerprint density at radius 1 is 0.880 bits per heavy atom. The molecule has 0 radical (unpaired) electrons. The Balaban J connectivity index is 1.73. The van der Waals surface area contributed by atoms with Crippen LogP contribution in [0.15, 0.2) is 60.9 Å². The Morgan fingerprint density at radius 2 is 1.52 bits per heavy atom. The molecule has 0 aliphatic heterocycles. The molecule has 1 heterocycles. The molecule has 0 atom stereocenters. The minimum absolute atomic E-state index is 0.134. The van der Waals surface area contributed by atoms with E-state index in [2.05, 4.69) is 25.9 Å². The molecule has 1 amide bonds. The number of hydrogen-bond acceptors (Lipinski definition) is 5. The van der Waals surface area contributed by atoms with Gasteiger partial charge in [0, 0.05) is 30.1 Å². The van der Waals surface area contributed by atoms with Crippen LogP contribution in [-0.4, -0.2) is 15.9 Å². The summed E-state index contributed by atoms with van der Waals surface area (Å²) in [5.41, 5.74) is 2.19. The lowest BCUT2D eigenvalue weighted by molar-refractivity contribution is -0.114. The molecule has 0 aliphatic carbocycles. The minimum atomic E-state index is -0.297. The summed E-state index contributed by atoms with van der Waals surface area (Å²) in [6, 6.07) is 15.0. The van der Waals surface area contributed by atoms with Crippen LogP contribution in [0.25, 0.3) is 0 Å². The summed E-state index contributed by atoms with van der Waals surface area (Å²) in [6.07, 6.45) is 1.42. The third kappa shape index (κ3) is 4.74. The fourth-order valence-electron chi connectivity index (χ4n) is 2.20. The fraction of sp³-hybridized carbons (Fsp3) is 0.0556. The quantitative estimate of drug-likeness (QED) is 0.654. The number of aromatic nitrogens is 2. The van der Waals surface area contributed by atoms with Crippen LogP contribution in [-0.2, 0) is 4.79 Å². The number of amides is 1. The van der Waals surface area contributed by atoms with Crippen molar-refractivity contribution >= 4 is 34.6 Å². The molecular formula is C18H16FN5O. The van der Waals surface area contributed by atoms with Crippen LogP contribution in [0.3, 0.4) is 0 Å². The van der Waals surface area contributed by atoms with Gasteiger partial charge in [0.05, 0.1) is 0 Å². The number of nitrogens with zero attached hydrogens (tertiary/aromatic N) is 2. The number of nitrogens with one attached hydrogen (secondary N) is 3. The zero-order valence-electron chi connectivity index (χ0n) is 13.5. The molecule has 25 heavy (non-hydrogen) atoms. The SMILES string of the molecule is CC(=O)Nc1cccc(Nc2cc(Nc3ccc(F)cc3)ncn2)c1. The maximum absolute atomic E-state index is 13.0. The van der Waals surface area contributed by atoms with E-state index in [-0.39, 0.29) is 11.7 Å². The maximum Gasteiger partial charge on any atom is 0.221 e. The number of anilines is 5. The average Bonchev–Trinajstić information content (AvgIpc) is 2.57. The van der Waals surface area contributed by atoms with Crippen LogP contribution in [0, 0.1) is 5.82 Å². The Bertz CT molecular complexity index is 883. The smallest absolute Gasteiger partial charge is 0.221 e. The summed E-state index contributed by atoms with van der Waals surface area (Å²) in [4.78, 5) is 19.5. The van der Waals surface area contributed by atoms with E-state index in [1.54, 1.807) is 30.3 Å². The molecule has 1 aromatic heterocycles. The zero-order chi connectivity index (χ0) is 17.6. The highest BCUT2D eigenvalue weighted by atomic mass is 19.1. The lowest BCUT2D eigenvalue weighted by atomic mass is 10.2. The lowest BCUT2D eigenvalue weighted by Gasteiger charge is -2.10. The third-order valence-corrected chi connectivity index (χ3v) is 3.24. The highest BCUT2D eigenvalue weighted by molar-refractivity contribution is 5.89. The second-order valence-electron chi connectivity index (χ2n) is 5.31. The van der Waals surface area contributed by atoms with Gasteiger partial charge in [0.2, 0.25) is 5.91 Å². The molecule has 126 valence electrons. The molecular weight excluding hydrogens is 321 g/mol. The van der Waals surface area contributed by atoms with Gasteiger partial charge in [-0.25, -0.2) is 14.4 Å². The number of carbonyl (C=O) groups is 1. The van der Waals surface area contributed by atoms with Crippen LogP contribution in [0.2, 0.25) is 0 Å². The number of hydrogen-bond donors (Lipinski definition) is 3. The van der Waals surface area contributed by atoms with Gasteiger partial charge in [-0.2, -0.15) is 0 Å². The van der Waals surface area contributed by atoms with Gasteiger partial charge in [-0.15, -0.1) is 0 Å². The summed E-state index contributed by atoms with van der Waals surface area (Å²) in [6.45, 7) is 1.46. The van der Waals surface area contributed by atoms with Crippen molar-refractivity contribution in [1.29, 1.82) is 0 Å². The molecule has 3 N–H and O–H groups in total. The van der Waals surface area contributed by atoms with Crippen LogP contribution < -0.4 is 16.0 Å². The molecule has 7 heteroatoms. The van der Waals surface area contributed by atoms with Crippen molar-refractivity contribution < 1.29 is 9.18 Å². The maximum atomic E-state index is 13.0. The molecule has 0 saturated carbocycles. The van der Waals surface area contributed by atoms with Gasteiger partial charge in [0.25, 0.3) is 0 Å². The highest BCUT2D eigenvalue weighted by Crippen LogP contribution is 2.21. The van der Waals surface area contributed by atoms with Gasteiger partial charge >= 0.3 is 0 Å². The Labute approximate surface area is 144 Å². The number of benzene rings is 2. The van der Waals surface area contributed by atoms with Crippen molar-refractivity contribution in [3.05, 3.63) is 66.7 Å². The van der Waals surface area contributed by atoms with E-state index in [0.29, 0.717) is 17.3 Å². The molecule has 0 saturated heterocycles. The van der Waals surface area contributed by atoms with Crippen LogP contribution in [0.1, 0.15) is 6.92 Å².